The second-order valence-corrected chi connectivity index (χ2v) is 6.92. The lowest BCUT2D eigenvalue weighted by molar-refractivity contribution is 0.301. The van der Waals surface area contributed by atoms with Gasteiger partial charge in [-0.05, 0) is 62.4 Å². The summed E-state index contributed by atoms with van der Waals surface area (Å²) in [7, 11) is 0. The molecular formula is C16H34N2. The second-order valence-electron chi connectivity index (χ2n) is 6.92. The van der Waals surface area contributed by atoms with E-state index >= 15 is 0 Å². The Balaban J connectivity index is 2.06. The molecule has 0 bridgehead atoms. The number of hydrogen-bond donors (Lipinski definition) is 2. The largest absolute Gasteiger partial charge is 0.330 e. The smallest absolute Gasteiger partial charge is 0.000516 e. The van der Waals surface area contributed by atoms with E-state index in [-0.39, 0.29) is 0 Å². The van der Waals surface area contributed by atoms with Gasteiger partial charge >= 0.3 is 0 Å². The average molecular weight is 254 g/mol. The molecule has 3 N–H and O–H groups in total. The van der Waals surface area contributed by atoms with Gasteiger partial charge in [0.2, 0.25) is 0 Å². The maximum absolute atomic E-state index is 5.68. The molecule has 0 radical (unpaired) electrons. The molecule has 1 aliphatic carbocycles. The Bertz CT molecular complexity index is 207. The lowest BCUT2D eigenvalue weighted by atomic mass is 9.87. The van der Waals surface area contributed by atoms with Crippen LogP contribution in [0.2, 0.25) is 0 Å². The van der Waals surface area contributed by atoms with Crippen LogP contribution in [0.15, 0.2) is 0 Å². The van der Waals surface area contributed by atoms with E-state index in [9.17, 15) is 0 Å². The molecule has 0 spiro atoms. The van der Waals surface area contributed by atoms with Crippen LogP contribution in [0.25, 0.3) is 0 Å². The predicted octanol–water partition coefficient (Wildman–Crippen LogP) is 3.56. The van der Waals surface area contributed by atoms with Gasteiger partial charge in [-0.2, -0.15) is 0 Å². The van der Waals surface area contributed by atoms with Gasteiger partial charge < -0.3 is 11.1 Å². The van der Waals surface area contributed by atoms with E-state index < -0.39 is 0 Å². The number of nitrogens with two attached hydrogens (primary N) is 1. The zero-order chi connectivity index (χ0) is 13.4. The highest BCUT2D eigenvalue weighted by Crippen LogP contribution is 2.36. The third-order valence-electron chi connectivity index (χ3n) is 4.77. The van der Waals surface area contributed by atoms with Crippen LogP contribution in [0.3, 0.4) is 0 Å². The summed E-state index contributed by atoms with van der Waals surface area (Å²) in [4.78, 5) is 0. The Morgan fingerprint density at radius 1 is 1.17 bits per heavy atom. The van der Waals surface area contributed by atoms with Crippen LogP contribution in [-0.2, 0) is 0 Å². The highest BCUT2D eigenvalue weighted by atomic mass is 14.9. The second kappa shape index (κ2) is 8.16. The van der Waals surface area contributed by atoms with Gasteiger partial charge in [0, 0.05) is 6.54 Å². The summed E-state index contributed by atoms with van der Waals surface area (Å²) in [5, 5.41) is 3.67. The summed E-state index contributed by atoms with van der Waals surface area (Å²) in [6.07, 6.45) is 9.53. The molecule has 1 fully saturated rings. The Labute approximate surface area is 114 Å². The molecule has 0 aromatic carbocycles. The molecule has 18 heavy (non-hydrogen) atoms. The van der Waals surface area contributed by atoms with Crippen molar-refractivity contribution < 1.29 is 0 Å². The maximum atomic E-state index is 5.68. The number of hydrogen-bond acceptors (Lipinski definition) is 2. The molecule has 1 rings (SSSR count). The third-order valence-corrected chi connectivity index (χ3v) is 4.77. The summed E-state index contributed by atoms with van der Waals surface area (Å²) in [5.41, 5.74) is 6.27. The zero-order valence-electron chi connectivity index (χ0n) is 12.8. The SMILES string of the molecule is CC(C)C(CCN)CCCNCC1(C)CCCC1. The van der Waals surface area contributed by atoms with Crippen molar-refractivity contribution in [3.05, 3.63) is 0 Å². The first-order valence-electron chi connectivity index (χ1n) is 7.98. The minimum Gasteiger partial charge on any atom is -0.330 e. The molecule has 1 saturated carbocycles. The first kappa shape index (κ1) is 16.0. The van der Waals surface area contributed by atoms with Crippen molar-refractivity contribution in [2.75, 3.05) is 19.6 Å². The van der Waals surface area contributed by atoms with E-state index in [4.69, 9.17) is 5.73 Å². The van der Waals surface area contributed by atoms with Crippen LogP contribution in [0.1, 0.15) is 65.7 Å². The minimum absolute atomic E-state index is 0.592. The first-order valence-corrected chi connectivity index (χ1v) is 7.98. The molecule has 0 aromatic heterocycles. The highest BCUT2D eigenvalue weighted by Gasteiger charge is 2.27. The molecule has 1 aliphatic rings. The van der Waals surface area contributed by atoms with Crippen LogP contribution in [0.4, 0.5) is 0 Å². The van der Waals surface area contributed by atoms with Gasteiger partial charge in [-0.3, -0.25) is 0 Å². The van der Waals surface area contributed by atoms with Gasteiger partial charge in [0.25, 0.3) is 0 Å². The zero-order valence-corrected chi connectivity index (χ0v) is 12.8. The molecule has 0 saturated heterocycles. The van der Waals surface area contributed by atoms with Gasteiger partial charge in [0.05, 0.1) is 0 Å². The molecule has 1 atom stereocenters. The fourth-order valence-electron chi connectivity index (χ4n) is 3.31. The monoisotopic (exact) mass is 254 g/mol. The van der Waals surface area contributed by atoms with E-state index in [1.54, 1.807) is 0 Å². The van der Waals surface area contributed by atoms with Crippen LogP contribution < -0.4 is 11.1 Å². The van der Waals surface area contributed by atoms with Crippen molar-refractivity contribution in [2.24, 2.45) is 23.0 Å². The highest BCUT2D eigenvalue weighted by molar-refractivity contribution is 4.82. The van der Waals surface area contributed by atoms with E-state index in [1.165, 1.54) is 58.0 Å². The summed E-state index contributed by atoms with van der Waals surface area (Å²) in [6, 6.07) is 0. The van der Waals surface area contributed by atoms with Crippen molar-refractivity contribution in [1.82, 2.24) is 5.32 Å². The molecule has 0 heterocycles. The lowest BCUT2D eigenvalue weighted by Crippen LogP contribution is -2.30. The molecule has 108 valence electrons. The standard InChI is InChI=1S/C16H34N2/c1-14(2)15(8-11-17)7-6-12-18-13-16(3)9-4-5-10-16/h14-15,18H,4-13,17H2,1-3H3. The van der Waals surface area contributed by atoms with Gasteiger partial charge in [0.15, 0.2) is 0 Å². The van der Waals surface area contributed by atoms with Crippen LogP contribution in [0, 0.1) is 17.3 Å². The molecule has 0 aliphatic heterocycles. The number of rotatable bonds is 9. The van der Waals surface area contributed by atoms with Crippen molar-refractivity contribution in [3.8, 4) is 0 Å². The fourth-order valence-corrected chi connectivity index (χ4v) is 3.31. The van der Waals surface area contributed by atoms with Gasteiger partial charge in [-0.25, -0.2) is 0 Å². The summed E-state index contributed by atoms with van der Waals surface area (Å²) in [6.45, 7) is 10.3. The topological polar surface area (TPSA) is 38.0 Å². The summed E-state index contributed by atoms with van der Waals surface area (Å²) in [5.74, 6) is 1.60. The van der Waals surface area contributed by atoms with Crippen molar-refractivity contribution in [1.29, 1.82) is 0 Å². The molecule has 2 heteroatoms. The van der Waals surface area contributed by atoms with Crippen molar-refractivity contribution >= 4 is 0 Å². The fraction of sp³-hybridized carbons (Fsp3) is 1.00. The summed E-state index contributed by atoms with van der Waals surface area (Å²) >= 11 is 0. The molecule has 2 nitrogen and oxygen atoms in total. The van der Waals surface area contributed by atoms with Crippen LogP contribution in [-0.4, -0.2) is 19.6 Å². The van der Waals surface area contributed by atoms with Crippen molar-refractivity contribution in [3.63, 3.8) is 0 Å². The Morgan fingerprint density at radius 2 is 1.83 bits per heavy atom. The molecular weight excluding hydrogens is 220 g/mol. The van der Waals surface area contributed by atoms with Gasteiger partial charge in [-0.15, -0.1) is 0 Å². The van der Waals surface area contributed by atoms with E-state index in [2.05, 4.69) is 26.1 Å². The summed E-state index contributed by atoms with van der Waals surface area (Å²) < 4.78 is 0. The molecule has 0 aromatic rings. The predicted molar refractivity (Wildman–Crippen MR) is 80.7 cm³/mol. The lowest BCUT2D eigenvalue weighted by Gasteiger charge is -2.24. The Morgan fingerprint density at radius 3 is 2.39 bits per heavy atom. The van der Waals surface area contributed by atoms with E-state index in [0.29, 0.717) is 5.41 Å². The van der Waals surface area contributed by atoms with Gasteiger partial charge in [0.1, 0.15) is 0 Å². The molecule has 1 unspecified atom stereocenters. The quantitative estimate of drug-likeness (QED) is 0.617. The first-order chi connectivity index (χ1) is 8.57. The van der Waals surface area contributed by atoms with E-state index in [0.717, 1.165) is 18.4 Å². The molecule has 0 amide bonds. The van der Waals surface area contributed by atoms with Gasteiger partial charge in [-0.1, -0.05) is 33.6 Å². The maximum Gasteiger partial charge on any atom is 0.000516 e. The van der Waals surface area contributed by atoms with Crippen molar-refractivity contribution in [2.45, 2.75) is 65.7 Å². The Hall–Kier alpha value is -0.0800. The average Bonchev–Trinajstić information content (AvgIpc) is 2.74. The Kier molecular flexibility index (Phi) is 7.25. The van der Waals surface area contributed by atoms with E-state index in [1.807, 2.05) is 0 Å². The third kappa shape index (κ3) is 5.71. The van der Waals surface area contributed by atoms with Crippen LogP contribution >= 0.6 is 0 Å². The van der Waals surface area contributed by atoms with Crippen LogP contribution in [0.5, 0.6) is 0 Å². The number of nitrogens with one attached hydrogen (secondary N) is 1. The minimum atomic E-state index is 0.592. The normalized spacial score (nSPS) is 20.5.